The van der Waals surface area contributed by atoms with Gasteiger partial charge in [-0.25, -0.2) is 9.59 Å². The van der Waals surface area contributed by atoms with Crippen LogP contribution in [0.3, 0.4) is 0 Å². The van der Waals surface area contributed by atoms with Crippen LogP contribution in [0.1, 0.15) is 17.8 Å². The van der Waals surface area contributed by atoms with Crippen LogP contribution in [0.25, 0.3) is 0 Å². The summed E-state index contributed by atoms with van der Waals surface area (Å²) in [5, 5.41) is 21.7. The van der Waals surface area contributed by atoms with E-state index in [1.807, 2.05) is 0 Å². The number of amides is 2. The first-order valence-corrected chi connectivity index (χ1v) is 5.65. The first kappa shape index (κ1) is 15.3. The highest BCUT2D eigenvalue weighted by atomic mass is 16.4. The Labute approximate surface area is 114 Å². The molecule has 0 aliphatic carbocycles. The number of rotatable bonds is 6. The number of aryl methyl sites for hydroxylation is 1. The van der Waals surface area contributed by atoms with E-state index < -0.39 is 30.4 Å². The van der Waals surface area contributed by atoms with Gasteiger partial charge in [0, 0.05) is 6.20 Å². The molecule has 1 atom stereocenters. The van der Waals surface area contributed by atoms with Crippen molar-refractivity contribution in [2.45, 2.75) is 25.9 Å². The Kier molecular flexibility index (Phi) is 5.39. The lowest BCUT2D eigenvalue weighted by Gasteiger charge is -2.13. The fourth-order valence-corrected chi connectivity index (χ4v) is 1.27. The highest BCUT2D eigenvalue weighted by molar-refractivity contribution is 5.86. The first-order valence-electron chi connectivity index (χ1n) is 5.65. The Morgan fingerprint density at radius 3 is 2.45 bits per heavy atom. The van der Waals surface area contributed by atoms with Crippen LogP contribution >= 0.6 is 0 Å². The van der Waals surface area contributed by atoms with Crippen molar-refractivity contribution in [1.29, 1.82) is 0 Å². The molecule has 0 aromatic carbocycles. The topological polar surface area (TPSA) is 142 Å². The lowest BCUT2D eigenvalue weighted by atomic mass is 10.2. The van der Waals surface area contributed by atoms with Gasteiger partial charge in [-0.05, 0) is 6.92 Å². The van der Waals surface area contributed by atoms with E-state index in [1.165, 1.54) is 12.4 Å². The van der Waals surface area contributed by atoms with Gasteiger partial charge in [0.1, 0.15) is 6.04 Å². The molecule has 0 saturated heterocycles. The van der Waals surface area contributed by atoms with E-state index in [1.54, 1.807) is 6.92 Å². The van der Waals surface area contributed by atoms with Gasteiger partial charge in [-0.2, -0.15) is 0 Å². The smallest absolute Gasteiger partial charge is 0.326 e. The van der Waals surface area contributed by atoms with E-state index in [9.17, 15) is 14.4 Å². The number of aliphatic carboxylic acids is 2. The molecule has 0 aliphatic rings. The van der Waals surface area contributed by atoms with Gasteiger partial charge in [-0.3, -0.25) is 14.8 Å². The van der Waals surface area contributed by atoms with Crippen LogP contribution in [-0.4, -0.2) is 44.2 Å². The standard InChI is InChI=1S/C11H14N4O5/c1-6-3-13-7(4-12-6)5-14-11(20)15-8(10(18)19)2-9(16)17/h3-4,8H,2,5H2,1H3,(H,16,17)(H,18,19)(H2,14,15,20). The second-order valence-electron chi connectivity index (χ2n) is 3.96. The number of carboxylic acids is 2. The fraction of sp³-hybridized carbons (Fsp3) is 0.364. The van der Waals surface area contributed by atoms with Gasteiger partial charge in [-0.1, -0.05) is 0 Å². The second-order valence-corrected chi connectivity index (χ2v) is 3.96. The number of urea groups is 1. The lowest BCUT2D eigenvalue weighted by Crippen LogP contribution is -2.46. The predicted octanol–water partition coefficient (Wildman–Crippen LogP) is -0.488. The van der Waals surface area contributed by atoms with Crippen LogP contribution < -0.4 is 10.6 Å². The minimum absolute atomic E-state index is 0.0541. The van der Waals surface area contributed by atoms with Gasteiger partial charge in [0.25, 0.3) is 0 Å². The molecule has 9 nitrogen and oxygen atoms in total. The summed E-state index contributed by atoms with van der Waals surface area (Å²) in [6, 6.07) is -2.28. The van der Waals surface area contributed by atoms with E-state index in [2.05, 4.69) is 20.6 Å². The zero-order chi connectivity index (χ0) is 15.1. The molecule has 1 rings (SSSR count). The van der Waals surface area contributed by atoms with E-state index in [-0.39, 0.29) is 6.54 Å². The largest absolute Gasteiger partial charge is 0.481 e. The van der Waals surface area contributed by atoms with Crippen LogP contribution in [0.5, 0.6) is 0 Å². The van der Waals surface area contributed by atoms with Crippen molar-refractivity contribution in [2.75, 3.05) is 0 Å². The van der Waals surface area contributed by atoms with Gasteiger partial charge < -0.3 is 20.8 Å². The number of carbonyl (C=O) groups is 3. The summed E-state index contributed by atoms with van der Waals surface area (Å²) in [5.41, 5.74) is 1.22. The molecular formula is C11H14N4O5. The molecule has 9 heteroatoms. The Bertz CT molecular complexity index is 502. The molecule has 0 radical (unpaired) electrons. The zero-order valence-corrected chi connectivity index (χ0v) is 10.7. The Morgan fingerprint density at radius 2 is 1.95 bits per heavy atom. The average molecular weight is 282 g/mol. The number of nitrogens with zero attached hydrogens (tertiary/aromatic N) is 2. The fourth-order valence-electron chi connectivity index (χ4n) is 1.27. The number of aromatic nitrogens is 2. The second kappa shape index (κ2) is 7.02. The summed E-state index contributed by atoms with van der Waals surface area (Å²) in [7, 11) is 0. The highest BCUT2D eigenvalue weighted by Gasteiger charge is 2.22. The van der Waals surface area contributed by atoms with Crippen molar-refractivity contribution < 1.29 is 24.6 Å². The van der Waals surface area contributed by atoms with Crippen molar-refractivity contribution in [3.8, 4) is 0 Å². The molecule has 0 aliphatic heterocycles. The number of hydrogen-bond acceptors (Lipinski definition) is 5. The number of carboxylic acid groups (broad SMARTS) is 2. The number of hydrogen-bond donors (Lipinski definition) is 4. The van der Waals surface area contributed by atoms with Crippen LogP contribution in [0.2, 0.25) is 0 Å². The summed E-state index contributed by atoms with van der Waals surface area (Å²) in [6.07, 6.45) is 2.30. The molecule has 108 valence electrons. The number of nitrogens with one attached hydrogen (secondary N) is 2. The third-order valence-electron chi connectivity index (χ3n) is 2.25. The van der Waals surface area contributed by atoms with Crippen molar-refractivity contribution in [1.82, 2.24) is 20.6 Å². The maximum atomic E-state index is 11.5. The first-order chi connectivity index (χ1) is 9.38. The molecule has 1 unspecified atom stereocenters. The zero-order valence-electron chi connectivity index (χ0n) is 10.7. The lowest BCUT2D eigenvalue weighted by molar-refractivity contribution is -0.145. The molecule has 2 amide bonds. The highest BCUT2D eigenvalue weighted by Crippen LogP contribution is 1.95. The van der Waals surface area contributed by atoms with Crippen molar-refractivity contribution in [3.05, 3.63) is 23.8 Å². The summed E-state index contributed by atoms with van der Waals surface area (Å²) >= 11 is 0. The van der Waals surface area contributed by atoms with Crippen LogP contribution in [0.15, 0.2) is 12.4 Å². The molecule has 1 aromatic heterocycles. The minimum atomic E-state index is -1.49. The van der Waals surface area contributed by atoms with Gasteiger partial charge in [0.05, 0.1) is 30.6 Å². The minimum Gasteiger partial charge on any atom is -0.481 e. The van der Waals surface area contributed by atoms with E-state index >= 15 is 0 Å². The van der Waals surface area contributed by atoms with Crippen LogP contribution in [0.4, 0.5) is 4.79 Å². The van der Waals surface area contributed by atoms with Gasteiger partial charge in [0.2, 0.25) is 0 Å². The third-order valence-corrected chi connectivity index (χ3v) is 2.25. The van der Waals surface area contributed by atoms with E-state index in [0.29, 0.717) is 5.69 Å². The van der Waals surface area contributed by atoms with Gasteiger partial charge in [-0.15, -0.1) is 0 Å². The third kappa shape index (κ3) is 5.29. The normalized spacial score (nSPS) is 11.4. The molecular weight excluding hydrogens is 268 g/mol. The molecule has 0 bridgehead atoms. The van der Waals surface area contributed by atoms with Gasteiger partial charge >= 0.3 is 18.0 Å². The van der Waals surface area contributed by atoms with Crippen molar-refractivity contribution >= 4 is 18.0 Å². The summed E-state index contributed by atoms with van der Waals surface area (Å²) < 4.78 is 0. The molecule has 0 saturated carbocycles. The maximum Gasteiger partial charge on any atom is 0.326 e. The Hall–Kier alpha value is -2.71. The van der Waals surface area contributed by atoms with Gasteiger partial charge in [0.15, 0.2) is 0 Å². The molecule has 1 heterocycles. The van der Waals surface area contributed by atoms with Crippen molar-refractivity contribution in [2.24, 2.45) is 0 Å². The number of carbonyl (C=O) groups excluding carboxylic acids is 1. The summed E-state index contributed by atoms with van der Waals surface area (Å²) in [5.74, 6) is -2.74. The average Bonchev–Trinajstić information content (AvgIpc) is 2.36. The molecule has 4 N–H and O–H groups in total. The molecule has 0 fully saturated rings. The maximum absolute atomic E-state index is 11.5. The Balaban J connectivity index is 2.47. The van der Waals surface area contributed by atoms with E-state index in [4.69, 9.17) is 10.2 Å². The summed E-state index contributed by atoms with van der Waals surface area (Å²) in [6.45, 7) is 1.82. The quantitative estimate of drug-likeness (QED) is 0.551. The Morgan fingerprint density at radius 1 is 1.25 bits per heavy atom. The van der Waals surface area contributed by atoms with E-state index in [0.717, 1.165) is 5.69 Å². The van der Waals surface area contributed by atoms with Crippen LogP contribution in [0, 0.1) is 6.92 Å². The predicted molar refractivity (Wildman–Crippen MR) is 65.8 cm³/mol. The summed E-state index contributed by atoms with van der Waals surface area (Å²) in [4.78, 5) is 40.6. The molecule has 20 heavy (non-hydrogen) atoms. The SMILES string of the molecule is Cc1cnc(CNC(=O)NC(CC(=O)O)C(=O)O)cn1. The molecule has 0 spiro atoms. The monoisotopic (exact) mass is 282 g/mol. The molecule has 1 aromatic rings. The van der Waals surface area contributed by atoms with Crippen molar-refractivity contribution in [3.63, 3.8) is 0 Å². The van der Waals surface area contributed by atoms with Crippen LogP contribution in [-0.2, 0) is 16.1 Å².